The first-order chi connectivity index (χ1) is 10.2. The highest BCUT2D eigenvalue weighted by Gasteiger charge is 2.25. The van der Waals surface area contributed by atoms with Crippen LogP contribution < -0.4 is 10.1 Å². The van der Waals surface area contributed by atoms with Crippen molar-refractivity contribution in [1.29, 1.82) is 0 Å². The van der Waals surface area contributed by atoms with E-state index in [1.54, 1.807) is 7.11 Å². The highest BCUT2D eigenvalue weighted by molar-refractivity contribution is 5.27. The summed E-state index contributed by atoms with van der Waals surface area (Å²) in [6.45, 7) is 6.51. The second-order valence-electron chi connectivity index (χ2n) is 5.89. The molecule has 4 heteroatoms. The molecule has 4 nitrogen and oxygen atoms in total. The Kier molecular flexibility index (Phi) is 6.49. The summed E-state index contributed by atoms with van der Waals surface area (Å²) in [4.78, 5) is 0. The SMILES string of the molecule is COc1cccc(COCC2CCC(CNC(C)C)O2)c1. The Morgan fingerprint density at radius 2 is 2.10 bits per heavy atom. The van der Waals surface area contributed by atoms with Gasteiger partial charge in [0.15, 0.2) is 0 Å². The van der Waals surface area contributed by atoms with Crippen molar-refractivity contribution in [3.63, 3.8) is 0 Å². The van der Waals surface area contributed by atoms with E-state index in [0.29, 0.717) is 25.4 Å². The van der Waals surface area contributed by atoms with Crippen LogP contribution in [0.15, 0.2) is 24.3 Å². The van der Waals surface area contributed by atoms with Crippen LogP contribution in [0.2, 0.25) is 0 Å². The van der Waals surface area contributed by atoms with Crippen molar-refractivity contribution < 1.29 is 14.2 Å². The van der Waals surface area contributed by atoms with E-state index in [-0.39, 0.29) is 6.10 Å². The van der Waals surface area contributed by atoms with Gasteiger partial charge in [0.2, 0.25) is 0 Å². The Labute approximate surface area is 127 Å². The van der Waals surface area contributed by atoms with Gasteiger partial charge in [-0.05, 0) is 30.5 Å². The molecule has 0 bridgehead atoms. The smallest absolute Gasteiger partial charge is 0.119 e. The van der Waals surface area contributed by atoms with Gasteiger partial charge in [-0.25, -0.2) is 0 Å². The Hall–Kier alpha value is -1.10. The van der Waals surface area contributed by atoms with E-state index < -0.39 is 0 Å². The van der Waals surface area contributed by atoms with Gasteiger partial charge >= 0.3 is 0 Å². The molecule has 0 saturated carbocycles. The fourth-order valence-corrected chi connectivity index (χ4v) is 2.49. The van der Waals surface area contributed by atoms with Gasteiger partial charge in [-0.2, -0.15) is 0 Å². The number of hydrogen-bond donors (Lipinski definition) is 1. The first-order valence-corrected chi connectivity index (χ1v) is 7.77. The molecule has 1 aromatic carbocycles. The van der Waals surface area contributed by atoms with Crippen LogP contribution >= 0.6 is 0 Å². The van der Waals surface area contributed by atoms with Crippen LogP contribution in [0.4, 0.5) is 0 Å². The molecule has 2 unspecified atom stereocenters. The summed E-state index contributed by atoms with van der Waals surface area (Å²) in [7, 11) is 1.68. The summed E-state index contributed by atoms with van der Waals surface area (Å²) in [5.41, 5.74) is 1.13. The minimum absolute atomic E-state index is 0.231. The van der Waals surface area contributed by atoms with Crippen molar-refractivity contribution in [2.45, 2.75) is 51.5 Å². The zero-order valence-corrected chi connectivity index (χ0v) is 13.3. The summed E-state index contributed by atoms with van der Waals surface area (Å²) in [5, 5.41) is 3.42. The van der Waals surface area contributed by atoms with Crippen LogP contribution in [0, 0.1) is 0 Å². The number of nitrogens with one attached hydrogen (secondary N) is 1. The molecule has 1 fully saturated rings. The van der Waals surface area contributed by atoms with Gasteiger partial charge in [0.1, 0.15) is 5.75 Å². The normalized spacial score (nSPS) is 21.9. The lowest BCUT2D eigenvalue weighted by atomic mass is 10.2. The first kappa shape index (κ1) is 16.3. The van der Waals surface area contributed by atoms with E-state index in [2.05, 4.69) is 19.2 Å². The average Bonchev–Trinajstić information content (AvgIpc) is 2.93. The summed E-state index contributed by atoms with van der Waals surface area (Å²) < 4.78 is 17.0. The molecule has 0 amide bonds. The maximum atomic E-state index is 5.98. The zero-order valence-electron chi connectivity index (χ0n) is 13.3. The number of rotatable bonds is 8. The summed E-state index contributed by atoms with van der Waals surface area (Å²) >= 11 is 0. The van der Waals surface area contributed by atoms with Crippen LogP contribution in [0.5, 0.6) is 5.75 Å². The van der Waals surface area contributed by atoms with Crippen LogP contribution in [0.25, 0.3) is 0 Å². The predicted molar refractivity (Wildman–Crippen MR) is 83.7 cm³/mol. The van der Waals surface area contributed by atoms with Crippen molar-refractivity contribution in [2.24, 2.45) is 0 Å². The molecular weight excluding hydrogens is 266 g/mol. The maximum absolute atomic E-state index is 5.98. The van der Waals surface area contributed by atoms with Gasteiger partial charge in [-0.3, -0.25) is 0 Å². The molecule has 0 aliphatic carbocycles. The third-order valence-electron chi connectivity index (χ3n) is 3.66. The van der Waals surface area contributed by atoms with Gasteiger partial charge in [0.05, 0.1) is 32.5 Å². The highest BCUT2D eigenvalue weighted by atomic mass is 16.5. The fourth-order valence-electron chi connectivity index (χ4n) is 2.49. The van der Waals surface area contributed by atoms with Crippen molar-refractivity contribution in [3.05, 3.63) is 29.8 Å². The van der Waals surface area contributed by atoms with Gasteiger partial charge in [-0.15, -0.1) is 0 Å². The Morgan fingerprint density at radius 3 is 2.86 bits per heavy atom. The number of ether oxygens (including phenoxy) is 3. The molecule has 1 aliphatic heterocycles. The molecule has 2 rings (SSSR count). The maximum Gasteiger partial charge on any atom is 0.119 e. The molecule has 0 radical (unpaired) electrons. The van der Waals surface area contributed by atoms with Crippen LogP contribution in [0.3, 0.4) is 0 Å². The molecular formula is C17H27NO3. The van der Waals surface area contributed by atoms with Crippen molar-refractivity contribution >= 4 is 0 Å². The number of benzene rings is 1. The summed E-state index contributed by atoms with van der Waals surface area (Å²) in [5.74, 6) is 0.869. The van der Waals surface area contributed by atoms with E-state index in [1.807, 2.05) is 24.3 Å². The molecule has 2 atom stereocenters. The van der Waals surface area contributed by atoms with Crippen molar-refractivity contribution in [2.75, 3.05) is 20.3 Å². The van der Waals surface area contributed by atoms with Gasteiger partial charge in [0.25, 0.3) is 0 Å². The molecule has 1 aromatic rings. The van der Waals surface area contributed by atoms with E-state index in [0.717, 1.165) is 30.7 Å². The minimum Gasteiger partial charge on any atom is -0.497 e. The zero-order chi connectivity index (χ0) is 15.1. The molecule has 1 heterocycles. The first-order valence-electron chi connectivity index (χ1n) is 7.77. The van der Waals surface area contributed by atoms with E-state index in [4.69, 9.17) is 14.2 Å². The lowest BCUT2D eigenvalue weighted by molar-refractivity contribution is -0.0194. The van der Waals surface area contributed by atoms with Crippen molar-refractivity contribution in [3.8, 4) is 5.75 Å². The van der Waals surface area contributed by atoms with E-state index in [1.165, 1.54) is 0 Å². The second kappa shape index (κ2) is 8.37. The molecule has 1 saturated heterocycles. The standard InChI is InChI=1S/C17H27NO3/c1-13(2)18-10-16-7-8-17(21-16)12-20-11-14-5-4-6-15(9-14)19-3/h4-6,9,13,16-18H,7-8,10-12H2,1-3H3. The minimum atomic E-state index is 0.231. The van der Waals surface area contributed by atoms with Crippen LogP contribution in [0.1, 0.15) is 32.3 Å². The molecule has 1 N–H and O–H groups in total. The van der Waals surface area contributed by atoms with Gasteiger partial charge in [0, 0.05) is 12.6 Å². The lowest BCUT2D eigenvalue weighted by Crippen LogP contribution is -2.32. The van der Waals surface area contributed by atoms with Gasteiger partial charge in [-0.1, -0.05) is 26.0 Å². The van der Waals surface area contributed by atoms with E-state index >= 15 is 0 Å². The lowest BCUT2D eigenvalue weighted by Gasteiger charge is -2.16. The monoisotopic (exact) mass is 293 g/mol. The summed E-state index contributed by atoms with van der Waals surface area (Å²) in [6, 6.07) is 8.49. The quantitative estimate of drug-likeness (QED) is 0.800. The van der Waals surface area contributed by atoms with E-state index in [9.17, 15) is 0 Å². The molecule has 1 aliphatic rings. The molecule has 0 spiro atoms. The molecule has 0 aromatic heterocycles. The molecule has 21 heavy (non-hydrogen) atoms. The Balaban J connectivity index is 1.65. The van der Waals surface area contributed by atoms with Crippen LogP contribution in [-0.4, -0.2) is 38.5 Å². The molecule has 118 valence electrons. The second-order valence-corrected chi connectivity index (χ2v) is 5.89. The number of methoxy groups -OCH3 is 1. The largest absolute Gasteiger partial charge is 0.497 e. The third-order valence-corrected chi connectivity index (χ3v) is 3.66. The third kappa shape index (κ3) is 5.65. The predicted octanol–water partition coefficient (Wildman–Crippen LogP) is 2.76. The van der Waals surface area contributed by atoms with Crippen molar-refractivity contribution in [1.82, 2.24) is 5.32 Å². The highest BCUT2D eigenvalue weighted by Crippen LogP contribution is 2.20. The fraction of sp³-hybridized carbons (Fsp3) is 0.647. The number of hydrogen-bond acceptors (Lipinski definition) is 4. The summed E-state index contributed by atoms with van der Waals surface area (Å²) in [6.07, 6.45) is 2.77. The topological polar surface area (TPSA) is 39.7 Å². The van der Waals surface area contributed by atoms with Crippen LogP contribution in [-0.2, 0) is 16.1 Å². The Bertz CT molecular complexity index is 422. The Morgan fingerprint density at radius 1 is 1.29 bits per heavy atom. The average molecular weight is 293 g/mol. The van der Waals surface area contributed by atoms with Gasteiger partial charge < -0.3 is 19.5 Å².